The first-order chi connectivity index (χ1) is 13.8. The van der Waals surface area contributed by atoms with Crippen molar-refractivity contribution in [1.29, 1.82) is 0 Å². The zero-order chi connectivity index (χ0) is 20.6. The number of amides is 1. The fourth-order valence-electron chi connectivity index (χ4n) is 3.77. The van der Waals surface area contributed by atoms with Crippen molar-refractivity contribution in [2.24, 2.45) is 5.41 Å². The van der Waals surface area contributed by atoms with Crippen LogP contribution in [-0.2, 0) is 11.3 Å². The second-order valence-corrected chi connectivity index (χ2v) is 8.67. The summed E-state index contributed by atoms with van der Waals surface area (Å²) in [4.78, 5) is 34.6. The summed E-state index contributed by atoms with van der Waals surface area (Å²) in [6, 6.07) is 9.90. The average Bonchev–Trinajstić information content (AvgIpc) is 3.11. The number of likely N-dealkylation sites (tertiary alicyclic amines) is 1. The van der Waals surface area contributed by atoms with Crippen LogP contribution in [0.25, 0.3) is 11.2 Å². The number of carbonyl (C=O) groups is 1. The van der Waals surface area contributed by atoms with Crippen LogP contribution in [0.5, 0.6) is 0 Å². The number of benzene rings is 1. The number of nitrogens with one attached hydrogen (secondary N) is 1. The van der Waals surface area contributed by atoms with Gasteiger partial charge in [0.25, 0.3) is 5.56 Å². The molecule has 0 unspecified atom stereocenters. The molecule has 1 amide bonds. The van der Waals surface area contributed by atoms with Gasteiger partial charge >= 0.3 is 0 Å². The summed E-state index contributed by atoms with van der Waals surface area (Å²) in [6.07, 6.45) is 1.55. The van der Waals surface area contributed by atoms with Crippen LogP contribution in [0.2, 0.25) is 0 Å². The number of aromatic amines is 1. The molecule has 1 aromatic carbocycles. The summed E-state index contributed by atoms with van der Waals surface area (Å²) in [7, 11) is 0. The number of nitrogens with zero attached hydrogens (tertiary/aromatic N) is 5. The van der Waals surface area contributed by atoms with Gasteiger partial charge in [-0.1, -0.05) is 56.3 Å². The van der Waals surface area contributed by atoms with E-state index >= 15 is 0 Å². The van der Waals surface area contributed by atoms with Crippen molar-refractivity contribution in [3.63, 3.8) is 0 Å². The van der Waals surface area contributed by atoms with E-state index in [4.69, 9.17) is 4.98 Å². The molecule has 0 atom stereocenters. The van der Waals surface area contributed by atoms with E-state index in [0.717, 1.165) is 18.4 Å². The minimum atomic E-state index is -0.381. The van der Waals surface area contributed by atoms with Crippen LogP contribution in [0.4, 0.5) is 0 Å². The Bertz CT molecular complexity index is 1070. The van der Waals surface area contributed by atoms with Gasteiger partial charge in [-0.3, -0.25) is 9.59 Å². The molecular weight excluding hydrogens is 368 g/mol. The number of rotatable bonds is 3. The topological polar surface area (TPSA) is 96.8 Å². The second-order valence-electron chi connectivity index (χ2n) is 8.67. The molecule has 2 aromatic heterocycles. The average molecular weight is 394 g/mol. The number of piperidine rings is 1. The van der Waals surface area contributed by atoms with E-state index in [-0.39, 0.29) is 28.3 Å². The highest BCUT2D eigenvalue weighted by atomic mass is 16.2. The highest BCUT2D eigenvalue weighted by Gasteiger charge is 2.31. The van der Waals surface area contributed by atoms with Crippen molar-refractivity contribution < 1.29 is 4.79 Å². The molecule has 0 saturated carbocycles. The first kappa shape index (κ1) is 19.3. The molecule has 8 heteroatoms. The molecule has 0 radical (unpaired) electrons. The zero-order valence-electron chi connectivity index (χ0n) is 17.1. The molecule has 152 valence electrons. The quantitative estimate of drug-likeness (QED) is 0.735. The number of hydrogen-bond donors (Lipinski definition) is 1. The van der Waals surface area contributed by atoms with E-state index in [2.05, 4.69) is 15.3 Å². The second kappa shape index (κ2) is 7.42. The molecule has 0 aliphatic carbocycles. The standard InChI is InChI=1S/C21H26N6O2/c1-21(2,3)20(29)26-11-9-15(10-12-26)17-22-18-16(19(28)23-17)24-25-27(18)13-14-7-5-4-6-8-14/h4-8,15H,9-13H2,1-3H3,(H,22,23,28). The maximum absolute atomic E-state index is 12.5. The summed E-state index contributed by atoms with van der Waals surface area (Å²) in [5.41, 5.74) is 1.17. The molecule has 0 spiro atoms. The first-order valence-electron chi connectivity index (χ1n) is 9.99. The Morgan fingerprint density at radius 3 is 2.52 bits per heavy atom. The largest absolute Gasteiger partial charge is 0.342 e. The van der Waals surface area contributed by atoms with Crippen LogP contribution in [0, 0.1) is 5.41 Å². The molecule has 1 aliphatic rings. The third-order valence-corrected chi connectivity index (χ3v) is 5.38. The number of hydrogen-bond acceptors (Lipinski definition) is 5. The zero-order valence-corrected chi connectivity index (χ0v) is 17.1. The highest BCUT2D eigenvalue weighted by molar-refractivity contribution is 5.81. The lowest BCUT2D eigenvalue weighted by molar-refractivity contribution is -0.140. The van der Waals surface area contributed by atoms with E-state index in [0.29, 0.717) is 31.1 Å². The van der Waals surface area contributed by atoms with E-state index in [9.17, 15) is 9.59 Å². The lowest BCUT2D eigenvalue weighted by atomic mass is 9.90. The Morgan fingerprint density at radius 1 is 1.17 bits per heavy atom. The lowest BCUT2D eigenvalue weighted by Crippen LogP contribution is -2.44. The third-order valence-electron chi connectivity index (χ3n) is 5.38. The SMILES string of the molecule is CC(C)(C)C(=O)N1CCC(c2nc3c(nnn3Cc3ccccc3)c(=O)[nH]2)CC1. The Balaban J connectivity index is 1.57. The molecule has 1 fully saturated rings. The van der Waals surface area contributed by atoms with Crippen LogP contribution >= 0.6 is 0 Å². The maximum atomic E-state index is 12.5. The predicted molar refractivity (Wildman–Crippen MR) is 109 cm³/mol. The van der Waals surface area contributed by atoms with E-state index < -0.39 is 0 Å². The van der Waals surface area contributed by atoms with Gasteiger partial charge in [0, 0.05) is 24.4 Å². The van der Waals surface area contributed by atoms with Crippen LogP contribution < -0.4 is 5.56 Å². The Kier molecular flexibility index (Phi) is 4.94. The van der Waals surface area contributed by atoms with Gasteiger partial charge in [-0.2, -0.15) is 0 Å². The van der Waals surface area contributed by atoms with Crippen LogP contribution in [-0.4, -0.2) is 48.9 Å². The van der Waals surface area contributed by atoms with Crippen molar-refractivity contribution >= 4 is 17.1 Å². The summed E-state index contributed by atoms with van der Waals surface area (Å²) in [5.74, 6) is 0.927. The van der Waals surface area contributed by atoms with Crippen molar-refractivity contribution in [2.45, 2.75) is 46.1 Å². The fraction of sp³-hybridized carbons (Fsp3) is 0.476. The number of aromatic nitrogens is 5. The van der Waals surface area contributed by atoms with Crippen molar-refractivity contribution in [3.8, 4) is 0 Å². The number of fused-ring (bicyclic) bond motifs is 1. The minimum Gasteiger partial charge on any atom is -0.342 e. The van der Waals surface area contributed by atoms with E-state index in [1.165, 1.54) is 0 Å². The summed E-state index contributed by atoms with van der Waals surface area (Å²) < 4.78 is 1.67. The van der Waals surface area contributed by atoms with Gasteiger partial charge in [-0.15, -0.1) is 5.10 Å². The first-order valence-corrected chi connectivity index (χ1v) is 9.99. The third kappa shape index (κ3) is 3.92. The summed E-state index contributed by atoms with van der Waals surface area (Å²) in [6.45, 7) is 7.67. The molecule has 3 heterocycles. The normalized spacial score (nSPS) is 15.8. The van der Waals surface area contributed by atoms with Crippen molar-refractivity contribution in [2.75, 3.05) is 13.1 Å². The van der Waals surface area contributed by atoms with Gasteiger partial charge in [0.15, 0.2) is 11.2 Å². The Labute approximate surface area is 168 Å². The van der Waals surface area contributed by atoms with Gasteiger partial charge in [-0.05, 0) is 18.4 Å². The Hall–Kier alpha value is -3.03. The molecule has 0 bridgehead atoms. The molecule has 1 aliphatic heterocycles. The van der Waals surface area contributed by atoms with Gasteiger partial charge in [-0.25, -0.2) is 9.67 Å². The molecule has 29 heavy (non-hydrogen) atoms. The predicted octanol–water partition coefficient (Wildman–Crippen LogP) is 2.32. The lowest BCUT2D eigenvalue weighted by Gasteiger charge is -2.35. The molecule has 8 nitrogen and oxygen atoms in total. The van der Waals surface area contributed by atoms with E-state index in [1.54, 1.807) is 4.68 Å². The number of H-pyrrole nitrogens is 1. The minimum absolute atomic E-state index is 0.108. The maximum Gasteiger partial charge on any atom is 0.281 e. The molecule has 1 N–H and O–H groups in total. The summed E-state index contributed by atoms with van der Waals surface area (Å²) in [5, 5.41) is 8.15. The smallest absolute Gasteiger partial charge is 0.281 e. The van der Waals surface area contributed by atoms with Crippen LogP contribution in [0.15, 0.2) is 35.1 Å². The van der Waals surface area contributed by atoms with Crippen molar-refractivity contribution in [1.82, 2.24) is 29.9 Å². The van der Waals surface area contributed by atoms with Gasteiger partial charge in [0.2, 0.25) is 5.91 Å². The molecule has 1 saturated heterocycles. The molecule has 3 aromatic rings. The molecule has 4 rings (SSSR count). The Morgan fingerprint density at radius 2 is 1.86 bits per heavy atom. The van der Waals surface area contributed by atoms with E-state index in [1.807, 2.05) is 56.0 Å². The summed E-state index contributed by atoms with van der Waals surface area (Å²) >= 11 is 0. The molecular formula is C21H26N6O2. The van der Waals surface area contributed by atoms with Gasteiger partial charge in [0.1, 0.15) is 5.82 Å². The van der Waals surface area contributed by atoms with Gasteiger partial charge in [0.05, 0.1) is 6.54 Å². The highest BCUT2D eigenvalue weighted by Crippen LogP contribution is 2.28. The van der Waals surface area contributed by atoms with Crippen LogP contribution in [0.3, 0.4) is 0 Å². The number of carbonyl (C=O) groups excluding carboxylic acids is 1. The monoisotopic (exact) mass is 394 g/mol. The van der Waals surface area contributed by atoms with Gasteiger partial charge < -0.3 is 9.88 Å². The fourth-order valence-corrected chi connectivity index (χ4v) is 3.77. The van der Waals surface area contributed by atoms with Crippen LogP contribution in [0.1, 0.15) is 50.9 Å². The van der Waals surface area contributed by atoms with Crippen molar-refractivity contribution in [3.05, 3.63) is 52.1 Å².